The molecule has 2 rings (SSSR count). The fourth-order valence-corrected chi connectivity index (χ4v) is 3.18. The summed E-state index contributed by atoms with van der Waals surface area (Å²) < 4.78 is 7.00. The molecule has 0 spiro atoms. The zero-order chi connectivity index (χ0) is 11.4. The third kappa shape index (κ3) is 2.99. The van der Waals surface area contributed by atoms with Crippen molar-refractivity contribution in [1.29, 1.82) is 0 Å². The SMILES string of the molecule is CCCNC(C1=CCCO1)c1csc(I)c1. The Morgan fingerprint density at radius 1 is 1.62 bits per heavy atom. The predicted molar refractivity (Wildman–Crippen MR) is 76.7 cm³/mol. The number of hydrogen-bond donors (Lipinski definition) is 1. The highest BCUT2D eigenvalue weighted by molar-refractivity contribution is 14.1. The van der Waals surface area contributed by atoms with Gasteiger partial charge in [-0.25, -0.2) is 0 Å². The first-order valence-corrected chi connectivity index (χ1v) is 7.57. The predicted octanol–water partition coefficient (Wildman–Crippen LogP) is 3.70. The van der Waals surface area contributed by atoms with Gasteiger partial charge in [-0.15, -0.1) is 11.3 Å². The minimum Gasteiger partial charge on any atom is -0.496 e. The van der Waals surface area contributed by atoms with Crippen molar-refractivity contribution in [1.82, 2.24) is 5.32 Å². The van der Waals surface area contributed by atoms with Crippen LogP contribution in [0.1, 0.15) is 31.4 Å². The van der Waals surface area contributed by atoms with Crippen LogP contribution >= 0.6 is 33.9 Å². The van der Waals surface area contributed by atoms with Crippen LogP contribution in [0.5, 0.6) is 0 Å². The molecule has 4 heteroatoms. The second-order valence-electron chi connectivity index (χ2n) is 3.81. The third-order valence-corrected chi connectivity index (χ3v) is 4.34. The lowest BCUT2D eigenvalue weighted by molar-refractivity contribution is 0.215. The van der Waals surface area contributed by atoms with Crippen LogP contribution in [-0.4, -0.2) is 13.2 Å². The van der Waals surface area contributed by atoms with Crippen LogP contribution in [0.15, 0.2) is 23.3 Å². The molecule has 2 nitrogen and oxygen atoms in total. The van der Waals surface area contributed by atoms with Crippen molar-refractivity contribution < 1.29 is 4.74 Å². The van der Waals surface area contributed by atoms with Gasteiger partial charge in [0.25, 0.3) is 0 Å². The molecule has 1 N–H and O–H groups in total. The molecule has 1 atom stereocenters. The lowest BCUT2D eigenvalue weighted by Gasteiger charge is -2.18. The molecule has 0 aliphatic carbocycles. The van der Waals surface area contributed by atoms with Crippen molar-refractivity contribution in [2.45, 2.75) is 25.8 Å². The summed E-state index contributed by atoms with van der Waals surface area (Å²) in [5, 5.41) is 5.77. The first-order valence-electron chi connectivity index (χ1n) is 5.61. The normalized spacial score (nSPS) is 17.0. The summed E-state index contributed by atoms with van der Waals surface area (Å²) in [6.45, 7) is 4.05. The zero-order valence-corrected chi connectivity index (χ0v) is 12.3. The van der Waals surface area contributed by atoms with Gasteiger partial charge in [-0.1, -0.05) is 6.92 Å². The van der Waals surface area contributed by atoms with Gasteiger partial charge in [-0.2, -0.15) is 0 Å². The molecule has 0 fully saturated rings. The van der Waals surface area contributed by atoms with E-state index in [1.54, 1.807) is 11.3 Å². The minimum absolute atomic E-state index is 0.252. The Kier molecular flexibility index (Phi) is 4.66. The molecule has 1 aliphatic heterocycles. The van der Waals surface area contributed by atoms with Crippen LogP contribution in [0, 0.1) is 2.88 Å². The third-order valence-electron chi connectivity index (χ3n) is 2.54. The molecular weight excluding hydrogens is 333 g/mol. The van der Waals surface area contributed by atoms with Gasteiger partial charge in [-0.05, 0) is 58.6 Å². The van der Waals surface area contributed by atoms with Gasteiger partial charge >= 0.3 is 0 Å². The average molecular weight is 349 g/mol. The lowest BCUT2D eigenvalue weighted by Crippen LogP contribution is -2.23. The number of halogens is 1. The number of ether oxygens (including phenoxy) is 1. The summed E-state index contributed by atoms with van der Waals surface area (Å²) in [6.07, 6.45) is 4.39. The highest BCUT2D eigenvalue weighted by atomic mass is 127. The molecule has 0 amide bonds. The Bertz CT molecular complexity index is 375. The number of rotatable bonds is 5. The highest BCUT2D eigenvalue weighted by Crippen LogP contribution is 2.30. The zero-order valence-electron chi connectivity index (χ0n) is 9.33. The van der Waals surface area contributed by atoms with E-state index in [-0.39, 0.29) is 6.04 Å². The molecule has 16 heavy (non-hydrogen) atoms. The van der Waals surface area contributed by atoms with E-state index in [0.717, 1.165) is 31.8 Å². The molecule has 1 aliphatic rings. The largest absolute Gasteiger partial charge is 0.496 e. The topological polar surface area (TPSA) is 21.3 Å². The maximum absolute atomic E-state index is 5.68. The molecule has 0 saturated heterocycles. The molecule has 88 valence electrons. The van der Waals surface area contributed by atoms with E-state index in [1.165, 1.54) is 8.45 Å². The smallest absolute Gasteiger partial charge is 0.114 e. The van der Waals surface area contributed by atoms with E-state index < -0.39 is 0 Å². The summed E-state index contributed by atoms with van der Waals surface area (Å²) in [6, 6.07) is 2.49. The molecule has 0 radical (unpaired) electrons. The molecule has 0 aromatic carbocycles. The monoisotopic (exact) mass is 349 g/mol. The Balaban J connectivity index is 2.13. The molecular formula is C12H16INOS. The number of nitrogens with one attached hydrogen (secondary N) is 1. The van der Waals surface area contributed by atoms with Gasteiger partial charge in [0.1, 0.15) is 5.76 Å². The van der Waals surface area contributed by atoms with E-state index >= 15 is 0 Å². The summed E-state index contributed by atoms with van der Waals surface area (Å²) in [4.78, 5) is 0. The van der Waals surface area contributed by atoms with Crippen LogP contribution in [-0.2, 0) is 4.74 Å². The average Bonchev–Trinajstić information content (AvgIpc) is 2.91. The Labute approximate surface area is 114 Å². The first kappa shape index (κ1) is 12.4. The molecule has 1 unspecified atom stereocenters. The van der Waals surface area contributed by atoms with Crippen molar-refractivity contribution >= 4 is 33.9 Å². The molecule has 0 saturated carbocycles. The van der Waals surface area contributed by atoms with Gasteiger partial charge < -0.3 is 10.1 Å². The first-order chi connectivity index (χ1) is 7.81. The summed E-state index contributed by atoms with van der Waals surface area (Å²) in [7, 11) is 0. The Morgan fingerprint density at radius 3 is 3.06 bits per heavy atom. The summed E-state index contributed by atoms with van der Waals surface area (Å²) >= 11 is 4.15. The molecule has 0 bridgehead atoms. The van der Waals surface area contributed by atoms with Crippen molar-refractivity contribution in [3.8, 4) is 0 Å². The van der Waals surface area contributed by atoms with Crippen LogP contribution < -0.4 is 5.32 Å². The van der Waals surface area contributed by atoms with Gasteiger partial charge in [-0.3, -0.25) is 0 Å². The van der Waals surface area contributed by atoms with E-state index in [9.17, 15) is 0 Å². The minimum atomic E-state index is 0.252. The second kappa shape index (κ2) is 6.02. The second-order valence-corrected chi connectivity index (χ2v) is 6.62. The van der Waals surface area contributed by atoms with Gasteiger partial charge in [0.05, 0.1) is 15.5 Å². The quantitative estimate of drug-likeness (QED) is 0.819. The van der Waals surface area contributed by atoms with Crippen LogP contribution in [0.4, 0.5) is 0 Å². The molecule has 2 heterocycles. The van der Waals surface area contributed by atoms with Gasteiger partial charge in [0.2, 0.25) is 0 Å². The Morgan fingerprint density at radius 2 is 2.50 bits per heavy atom. The number of hydrogen-bond acceptors (Lipinski definition) is 3. The summed E-state index contributed by atoms with van der Waals surface area (Å²) in [5.41, 5.74) is 1.33. The van der Waals surface area contributed by atoms with Crippen molar-refractivity contribution in [3.05, 3.63) is 31.7 Å². The van der Waals surface area contributed by atoms with Crippen molar-refractivity contribution in [2.75, 3.05) is 13.2 Å². The van der Waals surface area contributed by atoms with Gasteiger partial charge in [0.15, 0.2) is 0 Å². The highest BCUT2D eigenvalue weighted by Gasteiger charge is 2.20. The maximum atomic E-state index is 5.68. The standard InChI is InChI=1S/C12H16INOS/c1-2-5-14-12(10-4-3-6-15-10)9-7-11(13)16-8-9/h4,7-8,12,14H,2-3,5-6H2,1H3. The van der Waals surface area contributed by atoms with Crippen molar-refractivity contribution in [2.24, 2.45) is 0 Å². The van der Waals surface area contributed by atoms with E-state index in [2.05, 4.69) is 52.4 Å². The van der Waals surface area contributed by atoms with Crippen LogP contribution in [0.3, 0.4) is 0 Å². The maximum Gasteiger partial charge on any atom is 0.114 e. The van der Waals surface area contributed by atoms with E-state index in [1.807, 2.05) is 0 Å². The van der Waals surface area contributed by atoms with Gasteiger partial charge in [0, 0.05) is 6.42 Å². The van der Waals surface area contributed by atoms with Crippen LogP contribution in [0.2, 0.25) is 0 Å². The van der Waals surface area contributed by atoms with Crippen molar-refractivity contribution in [3.63, 3.8) is 0 Å². The lowest BCUT2D eigenvalue weighted by atomic mass is 10.1. The van der Waals surface area contributed by atoms with E-state index in [0.29, 0.717) is 0 Å². The Hall–Kier alpha value is -0.0700. The fraction of sp³-hybridized carbons (Fsp3) is 0.500. The molecule has 1 aromatic heterocycles. The number of thiophene rings is 1. The fourth-order valence-electron chi connectivity index (χ4n) is 1.78. The van der Waals surface area contributed by atoms with E-state index in [4.69, 9.17) is 4.74 Å². The van der Waals surface area contributed by atoms with Crippen LogP contribution in [0.25, 0.3) is 0 Å². The molecule has 1 aromatic rings. The summed E-state index contributed by atoms with van der Waals surface area (Å²) in [5.74, 6) is 1.10.